The van der Waals surface area contributed by atoms with Crippen molar-refractivity contribution < 1.29 is 4.79 Å². The zero-order valence-corrected chi connectivity index (χ0v) is 14.5. The summed E-state index contributed by atoms with van der Waals surface area (Å²) in [4.78, 5) is 15.7. The van der Waals surface area contributed by atoms with Crippen molar-refractivity contribution in [1.82, 2.24) is 4.98 Å². The maximum atomic E-state index is 12.4. The van der Waals surface area contributed by atoms with Crippen molar-refractivity contribution in [3.8, 4) is 0 Å². The third kappa shape index (κ3) is 3.35. The first kappa shape index (κ1) is 16.3. The Bertz CT molecular complexity index is 861. The van der Waals surface area contributed by atoms with Crippen LogP contribution in [-0.4, -0.2) is 10.9 Å². The van der Waals surface area contributed by atoms with Gasteiger partial charge in [0, 0.05) is 29.2 Å². The lowest BCUT2D eigenvalue weighted by Gasteiger charge is -2.16. The monoisotopic (exact) mass is 320 g/mol. The number of aromatic nitrogens is 1. The number of aryl methyl sites for hydroxylation is 2. The minimum atomic E-state index is 0.0662. The Morgan fingerprint density at radius 3 is 2.71 bits per heavy atom. The van der Waals surface area contributed by atoms with Crippen molar-refractivity contribution in [1.29, 1.82) is 0 Å². The van der Waals surface area contributed by atoms with Crippen LogP contribution in [-0.2, 0) is 11.2 Å². The van der Waals surface area contributed by atoms with Crippen LogP contribution in [0.5, 0.6) is 0 Å². The first-order valence-electron chi connectivity index (χ1n) is 8.50. The summed E-state index contributed by atoms with van der Waals surface area (Å²) in [6, 6.07) is 14.4. The number of aromatic amines is 1. The number of hydrogen-bond acceptors (Lipinski definition) is 1. The van der Waals surface area contributed by atoms with Gasteiger partial charge in [-0.25, -0.2) is 0 Å². The minimum absolute atomic E-state index is 0.0662. The van der Waals surface area contributed by atoms with Crippen LogP contribution in [0.1, 0.15) is 42.9 Å². The van der Waals surface area contributed by atoms with Gasteiger partial charge in [-0.2, -0.15) is 0 Å². The van der Waals surface area contributed by atoms with Crippen molar-refractivity contribution in [3.05, 3.63) is 65.4 Å². The molecular formula is C21H24N2O. The molecule has 0 aliphatic carbocycles. The predicted octanol–water partition coefficient (Wildman–Crippen LogP) is 5.17. The molecule has 0 aliphatic heterocycles. The van der Waals surface area contributed by atoms with E-state index < -0.39 is 0 Å². The average Bonchev–Trinajstić information content (AvgIpc) is 2.98. The fourth-order valence-electron chi connectivity index (χ4n) is 3.13. The highest BCUT2D eigenvalue weighted by Crippen LogP contribution is 2.27. The van der Waals surface area contributed by atoms with E-state index in [9.17, 15) is 4.79 Å². The average molecular weight is 320 g/mol. The van der Waals surface area contributed by atoms with E-state index in [0.29, 0.717) is 12.3 Å². The molecule has 1 aromatic heterocycles. The molecule has 0 atom stereocenters. The standard InChI is InChI=1S/C21H24N2O/c1-14(2)17-9-6-7-15(3)21(17)23-20(24)12-11-16-13-22-19-10-5-4-8-18(16)19/h4-10,13-14,22H,11-12H2,1-3H3,(H,23,24). The van der Waals surface area contributed by atoms with Crippen LogP contribution >= 0.6 is 0 Å². The first-order chi connectivity index (χ1) is 11.6. The summed E-state index contributed by atoms with van der Waals surface area (Å²) >= 11 is 0. The highest BCUT2D eigenvalue weighted by Gasteiger charge is 2.12. The van der Waals surface area contributed by atoms with Crippen molar-refractivity contribution >= 4 is 22.5 Å². The number of rotatable bonds is 5. The number of hydrogen-bond donors (Lipinski definition) is 2. The molecule has 0 fully saturated rings. The highest BCUT2D eigenvalue weighted by atomic mass is 16.1. The quantitative estimate of drug-likeness (QED) is 0.669. The largest absolute Gasteiger partial charge is 0.361 e. The van der Waals surface area contributed by atoms with Crippen molar-refractivity contribution in [2.45, 2.75) is 39.5 Å². The number of H-pyrrole nitrogens is 1. The van der Waals surface area contributed by atoms with E-state index in [1.807, 2.05) is 37.4 Å². The maximum Gasteiger partial charge on any atom is 0.224 e. The second kappa shape index (κ2) is 6.91. The maximum absolute atomic E-state index is 12.4. The molecule has 24 heavy (non-hydrogen) atoms. The fourth-order valence-corrected chi connectivity index (χ4v) is 3.13. The van der Waals surface area contributed by atoms with Gasteiger partial charge in [-0.15, -0.1) is 0 Å². The number of nitrogens with one attached hydrogen (secondary N) is 2. The SMILES string of the molecule is Cc1cccc(C(C)C)c1NC(=O)CCc1c[nH]c2ccccc12. The van der Waals surface area contributed by atoms with E-state index >= 15 is 0 Å². The van der Waals surface area contributed by atoms with Crippen LogP contribution in [0, 0.1) is 6.92 Å². The summed E-state index contributed by atoms with van der Waals surface area (Å²) < 4.78 is 0. The lowest BCUT2D eigenvalue weighted by molar-refractivity contribution is -0.116. The molecule has 0 aliphatic rings. The molecule has 3 heteroatoms. The lowest BCUT2D eigenvalue weighted by Crippen LogP contribution is -2.15. The molecule has 0 spiro atoms. The van der Waals surface area contributed by atoms with Gasteiger partial charge in [-0.05, 0) is 42.0 Å². The number of fused-ring (bicyclic) bond motifs is 1. The summed E-state index contributed by atoms with van der Waals surface area (Å²) in [6.07, 6.45) is 3.22. The van der Waals surface area contributed by atoms with Crippen LogP contribution in [0.25, 0.3) is 10.9 Å². The van der Waals surface area contributed by atoms with Crippen LogP contribution in [0.4, 0.5) is 5.69 Å². The van der Waals surface area contributed by atoms with Gasteiger partial charge in [0.25, 0.3) is 0 Å². The van der Waals surface area contributed by atoms with Gasteiger partial charge in [0.05, 0.1) is 0 Å². The van der Waals surface area contributed by atoms with Gasteiger partial charge in [0.15, 0.2) is 0 Å². The number of benzene rings is 2. The van der Waals surface area contributed by atoms with E-state index in [4.69, 9.17) is 0 Å². The molecule has 1 heterocycles. The van der Waals surface area contributed by atoms with Crippen molar-refractivity contribution in [2.24, 2.45) is 0 Å². The van der Waals surface area contributed by atoms with Crippen LogP contribution < -0.4 is 5.32 Å². The Hall–Kier alpha value is -2.55. The zero-order valence-electron chi connectivity index (χ0n) is 14.5. The fraction of sp³-hybridized carbons (Fsp3) is 0.286. The Labute approximate surface area is 143 Å². The molecule has 124 valence electrons. The molecule has 0 unspecified atom stereocenters. The second-order valence-corrected chi connectivity index (χ2v) is 6.60. The van der Waals surface area contributed by atoms with E-state index in [1.54, 1.807) is 0 Å². The summed E-state index contributed by atoms with van der Waals surface area (Å²) in [6.45, 7) is 6.34. The first-order valence-corrected chi connectivity index (χ1v) is 8.50. The smallest absolute Gasteiger partial charge is 0.224 e. The number of para-hydroxylation sites is 2. The normalized spacial score (nSPS) is 11.2. The molecule has 0 saturated carbocycles. The van der Waals surface area contributed by atoms with Gasteiger partial charge in [0.2, 0.25) is 5.91 Å². The van der Waals surface area contributed by atoms with Crippen molar-refractivity contribution in [2.75, 3.05) is 5.32 Å². The highest BCUT2D eigenvalue weighted by molar-refractivity contribution is 5.93. The van der Waals surface area contributed by atoms with E-state index in [0.717, 1.165) is 23.2 Å². The molecule has 0 bridgehead atoms. The van der Waals surface area contributed by atoms with Gasteiger partial charge in [0.1, 0.15) is 0 Å². The van der Waals surface area contributed by atoms with Gasteiger partial charge < -0.3 is 10.3 Å². The van der Waals surface area contributed by atoms with E-state index in [2.05, 4.69) is 42.3 Å². The molecule has 3 rings (SSSR count). The minimum Gasteiger partial charge on any atom is -0.361 e. The molecule has 3 nitrogen and oxygen atoms in total. The molecule has 2 aromatic carbocycles. The molecule has 3 aromatic rings. The zero-order chi connectivity index (χ0) is 17.1. The molecule has 2 N–H and O–H groups in total. The third-order valence-electron chi connectivity index (χ3n) is 4.49. The van der Waals surface area contributed by atoms with Crippen LogP contribution in [0.2, 0.25) is 0 Å². The van der Waals surface area contributed by atoms with Gasteiger partial charge in [-0.3, -0.25) is 4.79 Å². The van der Waals surface area contributed by atoms with Crippen LogP contribution in [0.15, 0.2) is 48.7 Å². The van der Waals surface area contributed by atoms with E-state index in [-0.39, 0.29) is 5.91 Å². The Balaban J connectivity index is 1.71. The molecule has 1 amide bonds. The Kier molecular flexibility index (Phi) is 4.70. The molecule has 0 radical (unpaired) electrons. The van der Waals surface area contributed by atoms with Gasteiger partial charge in [-0.1, -0.05) is 50.2 Å². The number of anilines is 1. The lowest BCUT2D eigenvalue weighted by atomic mass is 9.98. The second-order valence-electron chi connectivity index (χ2n) is 6.60. The number of carbonyl (C=O) groups excluding carboxylic acids is 1. The number of carbonyl (C=O) groups is 1. The molecular weight excluding hydrogens is 296 g/mol. The van der Waals surface area contributed by atoms with Crippen LogP contribution in [0.3, 0.4) is 0 Å². The van der Waals surface area contributed by atoms with Crippen molar-refractivity contribution in [3.63, 3.8) is 0 Å². The third-order valence-corrected chi connectivity index (χ3v) is 4.49. The summed E-state index contributed by atoms with van der Waals surface area (Å²) in [7, 11) is 0. The van der Waals surface area contributed by atoms with Gasteiger partial charge >= 0.3 is 0 Å². The number of amides is 1. The Morgan fingerprint density at radius 1 is 1.12 bits per heavy atom. The molecule has 0 saturated heterocycles. The summed E-state index contributed by atoms with van der Waals surface area (Å²) in [5.74, 6) is 0.449. The predicted molar refractivity (Wildman–Crippen MR) is 101 cm³/mol. The topological polar surface area (TPSA) is 44.9 Å². The van der Waals surface area contributed by atoms with E-state index in [1.165, 1.54) is 16.5 Å². The summed E-state index contributed by atoms with van der Waals surface area (Å²) in [5.41, 5.74) is 5.58. The summed E-state index contributed by atoms with van der Waals surface area (Å²) in [5, 5.41) is 4.32. The Morgan fingerprint density at radius 2 is 1.92 bits per heavy atom.